The zero-order valence-electron chi connectivity index (χ0n) is 18.8. The molecule has 3 N–H and O–H groups in total. The Morgan fingerprint density at radius 1 is 0.941 bits per heavy atom. The van der Waals surface area contributed by atoms with E-state index in [4.69, 9.17) is 5.73 Å². The Bertz CT molecular complexity index is 1160. The number of rotatable bonds is 4. The summed E-state index contributed by atoms with van der Waals surface area (Å²) in [6.07, 6.45) is 3.30. The summed E-state index contributed by atoms with van der Waals surface area (Å²) in [5.41, 5.74) is 7.75. The third kappa shape index (κ3) is 3.54. The molecule has 176 valence electrons. The monoisotopic (exact) mass is 461 g/mol. The van der Waals surface area contributed by atoms with E-state index in [0.29, 0.717) is 48.1 Å². The van der Waals surface area contributed by atoms with Crippen molar-refractivity contribution in [2.45, 2.75) is 38.1 Å². The minimum absolute atomic E-state index is 0.0253. The third-order valence-corrected chi connectivity index (χ3v) is 7.49. The lowest BCUT2D eigenvalue weighted by Crippen LogP contribution is -2.50. The van der Waals surface area contributed by atoms with Crippen molar-refractivity contribution < 1.29 is 24.3 Å². The van der Waals surface area contributed by atoms with Gasteiger partial charge in [0.2, 0.25) is 11.8 Å². The topological polar surface area (TPSA) is 121 Å². The summed E-state index contributed by atoms with van der Waals surface area (Å²) in [4.78, 5) is 54.9. The van der Waals surface area contributed by atoms with Crippen LogP contribution in [0.15, 0.2) is 42.5 Å². The molecule has 0 unspecified atom stereocenters. The van der Waals surface area contributed by atoms with Crippen molar-refractivity contribution in [1.82, 2.24) is 9.80 Å². The predicted octanol–water partition coefficient (Wildman–Crippen LogP) is 2.41. The highest BCUT2D eigenvalue weighted by atomic mass is 16.3. The number of fused-ring (bicyclic) bond motifs is 2. The quantitative estimate of drug-likeness (QED) is 0.678. The molecule has 2 heterocycles. The Balaban J connectivity index is 1.51. The van der Waals surface area contributed by atoms with Gasteiger partial charge in [-0.15, -0.1) is 0 Å². The van der Waals surface area contributed by atoms with Crippen LogP contribution in [0.5, 0.6) is 5.75 Å². The van der Waals surface area contributed by atoms with Crippen LogP contribution < -0.4 is 5.73 Å². The Hall–Kier alpha value is -3.68. The second-order valence-corrected chi connectivity index (χ2v) is 9.31. The van der Waals surface area contributed by atoms with E-state index in [2.05, 4.69) is 0 Å². The summed E-state index contributed by atoms with van der Waals surface area (Å²) in [6.45, 7) is 0.293. The van der Waals surface area contributed by atoms with Crippen LogP contribution >= 0.6 is 0 Å². The molecule has 0 radical (unpaired) electrons. The van der Waals surface area contributed by atoms with Crippen LogP contribution in [-0.2, 0) is 16.0 Å². The Labute approximate surface area is 197 Å². The van der Waals surface area contributed by atoms with E-state index in [1.165, 1.54) is 4.90 Å². The first-order valence-corrected chi connectivity index (χ1v) is 11.7. The first-order chi connectivity index (χ1) is 16.4. The summed E-state index contributed by atoms with van der Waals surface area (Å²) in [5.74, 6) is -2.35. The number of benzene rings is 2. The SMILES string of the molecule is NC(=O)[C@H]1CCCC[C@H]1C(=O)N1CCc2c(O)cccc2[C@H]1CN1C(=O)c2ccccc2C1=O. The second kappa shape index (κ2) is 8.59. The van der Waals surface area contributed by atoms with Crippen molar-refractivity contribution in [3.8, 4) is 5.75 Å². The van der Waals surface area contributed by atoms with E-state index in [0.717, 1.165) is 12.8 Å². The number of imide groups is 1. The van der Waals surface area contributed by atoms with Crippen LogP contribution in [0.25, 0.3) is 0 Å². The fraction of sp³-hybridized carbons (Fsp3) is 0.385. The van der Waals surface area contributed by atoms with Crippen molar-refractivity contribution in [1.29, 1.82) is 0 Å². The van der Waals surface area contributed by atoms with Crippen molar-refractivity contribution in [3.63, 3.8) is 0 Å². The fourth-order valence-electron chi connectivity index (χ4n) is 5.75. The minimum Gasteiger partial charge on any atom is -0.508 e. The number of aromatic hydroxyl groups is 1. The lowest BCUT2D eigenvalue weighted by Gasteiger charge is -2.42. The van der Waals surface area contributed by atoms with Crippen LogP contribution in [0.4, 0.5) is 0 Å². The van der Waals surface area contributed by atoms with Crippen LogP contribution in [0, 0.1) is 11.8 Å². The highest BCUT2D eigenvalue weighted by Crippen LogP contribution is 2.40. The second-order valence-electron chi connectivity index (χ2n) is 9.31. The number of phenolic OH excluding ortho intramolecular Hbond substituents is 1. The average molecular weight is 462 g/mol. The molecule has 34 heavy (non-hydrogen) atoms. The van der Waals surface area contributed by atoms with Crippen LogP contribution in [-0.4, -0.2) is 51.6 Å². The summed E-state index contributed by atoms with van der Waals surface area (Å²) < 4.78 is 0. The van der Waals surface area contributed by atoms with Crippen LogP contribution in [0.1, 0.15) is 63.6 Å². The molecule has 2 aliphatic heterocycles. The first kappa shape index (κ1) is 22.1. The number of hydrogen-bond acceptors (Lipinski definition) is 5. The predicted molar refractivity (Wildman–Crippen MR) is 123 cm³/mol. The number of nitrogens with zero attached hydrogens (tertiary/aromatic N) is 2. The number of primary amides is 1. The Morgan fingerprint density at radius 3 is 2.24 bits per heavy atom. The normalized spacial score (nSPS) is 24.1. The van der Waals surface area contributed by atoms with Gasteiger partial charge in [-0.05, 0) is 43.0 Å². The number of carbonyl (C=O) groups excluding carboxylic acids is 4. The average Bonchev–Trinajstić information content (AvgIpc) is 3.09. The molecule has 3 aliphatic rings. The smallest absolute Gasteiger partial charge is 0.261 e. The van der Waals surface area contributed by atoms with E-state index in [1.807, 2.05) is 6.07 Å². The number of carbonyl (C=O) groups is 4. The van der Waals surface area contributed by atoms with Gasteiger partial charge < -0.3 is 15.7 Å². The lowest BCUT2D eigenvalue weighted by atomic mass is 9.77. The van der Waals surface area contributed by atoms with Gasteiger partial charge in [-0.3, -0.25) is 24.1 Å². The third-order valence-electron chi connectivity index (χ3n) is 7.49. The zero-order chi connectivity index (χ0) is 24.0. The maximum absolute atomic E-state index is 13.8. The van der Waals surface area contributed by atoms with Gasteiger partial charge in [0.25, 0.3) is 11.8 Å². The minimum atomic E-state index is -0.624. The van der Waals surface area contributed by atoms with Gasteiger partial charge in [-0.25, -0.2) is 0 Å². The highest BCUT2D eigenvalue weighted by Gasteiger charge is 2.44. The van der Waals surface area contributed by atoms with E-state index in [-0.39, 0.29) is 18.2 Å². The van der Waals surface area contributed by atoms with Crippen molar-refractivity contribution in [2.75, 3.05) is 13.1 Å². The molecule has 0 saturated heterocycles. The number of hydrogen-bond donors (Lipinski definition) is 2. The number of amides is 4. The molecular formula is C26H27N3O5. The van der Waals surface area contributed by atoms with Gasteiger partial charge in [-0.2, -0.15) is 0 Å². The Morgan fingerprint density at radius 2 is 1.59 bits per heavy atom. The first-order valence-electron chi connectivity index (χ1n) is 11.7. The van der Waals surface area contributed by atoms with Crippen molar-refractivity contribution in [2.24, 2.45) is 17.6 Å². The molecule has 3 atom stereocenters. The highest BCUT2D eigenvalue weighted by molar-refractivity contribution is 6.21. The lowest BCUT2D eigenvalue weighted by molar-refractivity contribution is -0.145. The zero-order valence-corrected chi connectivity index (χ0v) is 18.8. The molecule has 8 heteroatoms. The van der Waals surface area contributed by atoms with Gasteiger partial charge in [0.15, 0.2) is 0 Å². The fourth-order valence-corrected chi connectivity index (χ4v) is 5.75. The maximum atomic E-state index is 13.8. The largest absolute Gasteiger partial charge is 0.508 e. The molecule has 0 bridgehead atoms. The molecule has 1 fully saturated rings. The van der Waals surface area contributed by atoms with Gasteiger partial charge in [0, 0.05) is 23.9 Å². The van der Waals surface area contributed by atoms with Gasteiger partial charge in [-0.1, -0.05) is 37.1 Å². The summed E-state index contributed by atoms with van der Waals surface area (Å²) in [6, 6.07) is 11.2. The molecule has 4 amide bonds. The molecule has 2 aromatic rings. The number of phenols is 1. The van der Waals surface area contributed by atoms with Crippen molar-refractivity contribution in [3.05, 3.63) is 64.7 Å². The Kier molecular flexibility index (Phi) is 5.59. The van der Waals surface area contributed by atoms with E-state index >= 15 is 0 Å². The van der Waals surface area contributed by atoms with E-state index in [9.17, 15) is 24.3 Å². The van der Waals surface area contributed by atoms with Gasteiger partial charge in [0.05, 0.1) is 23.7 Å². The molecule has 1 saturated carbocycles. The van der Waals surface area contributed by atoms with Crippen molar-refractivity contribution >= 4 is 23.6 Å². The molecule has 1 aliphatic carbocycles. The van der Waals surface area contributed by atoms with E-state index in [1.54, 1.807) is 41.3 Å². The van der Waals surface area contributed by atoms with Gasteiger partial charge in [0.1, 0.15) is 5.75 Å². The molecule has 5 rings (SSSR count). The molecule has 2 aromatic carbocycles. The maximum Gasteiger partial charge on any atom is 0.261 e. The summed E-state index contributed by atoms with van der Waals surface area (Å²) >= 11 is 0. The molecule has 0 spiro atoms. The molecule has 0 aromatic heterocycles. The summed E-state index contributed by atoms with van der Waals surface area (Å²) in [5, 5.41) is 10.5. The number of nitrogens with two attached hydrogens (primary N) is 1. The van der Waals surface area contributed by atoms with Crippen LogP contribution in [0.3, 0.4) is 0 Å². The molecule has 8 nitrogen and oxygen atoms in total. The van der Waals surface area contributed by atoms with Crippen LogP contribution in [0.2, 0.25) is 0 Å². The van der Waals surface area contributed by atoms with Gasteiger partial charge >= 0.3 is 0 Å². The summed E-state index contributed by atoms with van der Waals surface area (Å²) in [7, 11) is 0. The van der Waals surface area contributed by atoms with E-state index < -0.39 is 35.6 Å². The standard InChI is InChI=1S/C26H27N3O5/c27-23(31)17-6-1-2-7-18(17)24(32)28-13-12-16-15(10-5-11-22(16)30)21(28)14-29-25(33)19-8-3-4-9-20(19)26(29)34/h3-5,8-11,17-18,21,30H,1-2,6-7,12-14H2,(H2,27,31)/t17-,18+,21+/m0/s1. The molecular weight excluding hydrogens is 434 g/mol.